The molecule has 2 aromatic carbocycles. The molecule has 0 saturated heterocycles. The highest BCUT2D eigenvalue weighted by Gasteiger charge is 2.08. The van der Waals surface area contributed by atoms with Crippen LogP contribution >= 0.6 is 11.6 Å². The molecule has 2 aromatic rings. The average molecular weight is 279 g/mol. The molecule has 96 valence electrons. The SMILES string of the molecule is C=C=CC(=O)c1cc(Cl)ccc1C#Cc1ccccc1. The zero-order chi connectivity index (χ0) is 14.4. The molecular formula is C18H11ClO. The highest BCUT2D eigenvalue weighted by molar-refractivity contribution is 6.31. The van der Waals surface area contributed by atoms with Crippen molar-refractivity contribution in [3.8, 4) is 11.8 Å². The molecule has 0 heterocycles. The molecule has 2 rings (SSSR count). The van der Waals surface area contributed by atoms with Crippen LogP contribution in [0.3, 0.4) is 0 Å². The van der Waals surface area contributed by atoms with E-state index in [4.69, 9.17) is 11.6 Å². The van der Waals surface area contributed by atoms with Crippen LogP contribution < -0.4 is 0 Å². The molecule has 0 unspecified atom stereocenters. The van der Waals surface area contributed by atoms with Gasteiger partial charge in [0.1, 0.15) is 0 Å². The lowest BCUT2D eigenvalue weighted by molar-refractivity contribution is 0.104. The van der Waals surface area contributed by atoms with E-state index in [1.807, 2.05) is 30.3 Å². The number of ketones is 1. The number of carbonyl (C=O) groups is 1. The second-order valence-corrected chi connectivity index (χ2v) is 4.46. The first-order valence-electron chi connectivity index (χ1n) is 5.97. The topological polar surface area (TPSA) is 17.1 Å². The van der Waals surface area contributed by atoms with Gasteiger partial charge in [0, 0.05) is 27.8 Å². The largest absolute Gasteiger partial charge is 0.289 e. The zero-order valence-corrected chi connectivity index (χ0v) is 11.4. The van der Waals surface area contributed by atoms with Gasteiger partial charge in [-0.2, -0.15) is 0 Å². The third kappa shape index (κ3) is 3.49. The molecule has 2 heteroatoms. The minimum atomic E-state index is -0.208. The van der Waals surface area contributed by atoms with Gasteiger partial charge in [-0.1, -0.05) is 48.2 Å². The maximum Gasteiger partial charge on any atom is 0.194 e. The van der Waals surface area contributed by atoms with Crippen LogP contribution in [0.2, 0.25) is 5.02 Å². The fraction of sp³-hybridized carbons (Fsp3) is 0. The summed E-state index contributed by atoms with van der Waals surface area (Å²) >= 11 is 5.93. The molecule has 0 saturated carbocycles. The zero-order valence-electron chi connectivity index (χ0n) is 10.7. The van der Waals surface area contributed by atoms with Crippen molar-refractivity contribution in [3.05, 3.63) is 88.6 Å². The molecule has 0 radical (unpaired) electrons. The number of hydrogen-bond acceptors (Lipinski definition) is 1. The lowest BCUT2D eigenvalue weighted by atomic mass is 10.0. The van der Waals surface area contributed by atoms with Crippen molar-refractivity contribution in [2.45, 2.75) is 0 Å². The van der Waals surface area contributed by atoms with Crippen LogP contribution in [0.15, 0.2) is 66.9 Å². The smallest absolute Gasteiger partial charge is 0.194 e. The third-order valence-electron chi connectivity index (χ3n) is 2.60. The number of hydrogen-bond donors (Lipinski definition) is 0. The summed E-state index contributed by atoms with van der Waals surface area (Å²) in [4.78, 5) is 11.9. The Morgan fingerprint density at radius 2 is 1.85 bits per heavy atom. The van der Waals surface area contributed by atoms with Gasteiger partial charge in [-0.15, -0.1) is 5.73 Å². The predicted octanol–water partition coefficient (Wildman–Crippen LogP) is 4.26. The molecule has 0 amide bonds. The number of allylic oxidation sites excluding steroid dienone is 1. The van der Waals surface area contributed by atoms with Gasteiger partial charge in [-0.25, -0.2) is 0 Å². The van der Waals surface area contributed by atoms with Gasteiger partial charge in [0.05, 0.1) is 0 Å². The van der Waals surface area contributed by atoms with Crippen molar-refractivity contribution in [1.29, 1.82) is 0 Å². The summed E-state index contributed by atoms with van der Waals surface area (Å²) in [5.74, 6) is 5.81. The van der Waals surface area contributed by atoms with E-state index in [0.29, 0.717) is 16.1 Å². The average Bonchev–Trinajstić information content (AvgIpc) is 2.47. The molecule has 0 aliphatic rings. The van der Waals surface area contributed by atoms with Crippen LogP contribution in [0.4, 0.5) is 0 Å². The van der Waals surface area contributed by atoms with Crippen LogP contribution in [-0.2, 0) is 0 Å². The Bertz CT molecular complexity index is 742. The van der Waals surface area contributed by atoms with Crippen LogP contribution in [0, 0.1) is 11.8 Å². The van der Waals surface area contributed by atoms with E-state index in [2.05, 4.69) is 24.2 Å². The van der Waals surface area contributed by atoms with E-state index in [0.717, 1.165) is 5.56 Å². The summed E-state index contributed by atoms with van der Waals surface area (Å²) < 4.78 is 0. The van der Waals surface area contributed by atoms with Gasteiger partial charge in [0.15, 0.2) is 5.78 Å². The summed E-state index contributed by atoms with van der Waals surface area (Å²) in [6.07, 6.45) is 1.28. The van der Waals surface area contributed by atoms with E-state index >= 15 is 0 Å². The molecule has 1 nitrogen and oxygen atoms in total. The number of benzene rings is 2. The predicted molar refractivity (Wildman–Crippen MR) is 81.9 cm³/mol. The molecule has 0 spiro atoms. The second kappa shape index (κ2) is 6.59. The van der Waals surface area contributed by atoms with Crippen LogP contribution in [-0.4, -0.2) is 5.78 Å². The van der Waals surface area contributed by atoms with Gasteiger partial charge in [-0.3, -0.25) is 4.79 Å². The lowest BCUT2D eigenvalue weighted by Crippen LogP contribution is -1.98. The van der Waals surface area contributed by atoms with Gasteiger partial charge < -0.3 is 0 Å². The Hall–Kier alpha value is -2.52. The normalized spacial score (nSPS) is 9.05. The van der Waals surface area contributed by atoms with Crippen molar-refractivity contribution in [3.63, 3.8) is 0 Å². The fourth-order valence-corrected chi connectivity index (χ4v) is 1.83. The Morgan fingerprint density at radius 3 is 2.55 bits per heavy atom. The quantitative estimate of drug-likeness (QED) is 0.347. The first kappa shape index (κ1) is 13.9. The van der Waals surface area contributed by atoms with E-state index in [-0.39, 0.29) is 5.78 Å². The second-order valence-electron chi connectivity index (χ2n) is 4.02. The number of rotatable bonds is 2. The minimum absolute atomic E-state index is 0.208. The van der Waals surface area contributed by atoms with E-state index < -0.39 is 0 Å². The summed E-state index contributed by atoms with van der Waals surface area (Å²) in [6, 6.07) is 14.6. The van der Waals surface area contributed by atoms with Gasteiger partial charge in [0.2, 0.25) is 0 Å². The first-order valence-corrected chi connectivity index (χ1v) is 6.35. The molecule has 0 aliphatic heterocycles. The molecule has 0 N–H and O–H groups in total. The molecule has 0 atom stereocenters. The van der Waals surface area contributed by atoms with Crippen molar-refractivity contribution in [2.75, 3.05) is 0 Å². The standard InChI is InChI=1S/C18H11ClO/c1-2-6-18(20)17-13-16(19)12-11-15(17)10-9-14-7-4-3-5-8-14/h3-8,11-13H,1H2. The summed E-state index contributed by atoms with van der Waals surface area (Å²) in [6.45, 7) is 3.40. The Morgan fingerprint density at radius 1 is 1.10 bits per heavy atom. The van der Waals surface area contributed by atoms with E-state index in [9.17, 15) is 4.79 Å². The molecule has 0 bridgehead atoms. The Kier molecular flexibility index (Phi) is 4.58. The van der Waals surface area contributed by atoms with Crippen LogP contribution in [0.1, 0.15) is 21.5 Å². The monoisotopic (exact) mass is 278 g/mol. The highest BCUT2D eigenvalue weighted by atomic mass is 35.5. The summed E-state index contributed by atoms with van der Waals surface area (Å²) in [5.41, 5.74) is 4.45. The van der Waals surface area contributed by atoms with Gasteiger partial charge >= 0.3 is 0 Å². The van der Waals surface area contributed by atoms with E-state index in [1.165, 1.54) is 6.08 Å². The van der Waals surface area contributed by atoms with Crippen molar-refractivity contribution >= 4 is 17.4 Å². The molecule has 0 aliphatic carbocycles. The third-order valence-corrected chi connectivity index (χ3v) is 2.83. The molecule has 0 aromatic heterocycles. The maximum absolute atomic E-state index is 11.9. The van der Waals surface area contributed by atoms with Crippen molar-refractivity contribution in [2.24, 2.45) is 0 Å². The number of halogens is 1. The summed E-state index contributed by atoms with van der Waals surface area (Å²) in [7, 11) is 0. The first-order chi connectivity index (χ1) is 9.70. The van der Waals surface area contributed by atoms with Gasteiger partial charge in [0.25, 0.3) is 0 Å². The van der Waals surface area contributed by atoms with Crippen LogP contribution in [0.5, 0.6) is 0 Å². The highest BCUT2D eigenvalue weighted by Crippen LogP contribution is 2.16. The number of carbonyl (C=O) groups excluding carboxylic acids is 1. The summed E-state index contributed by atoms with van der Waals surface area (Å²) in [5, 5.41) is 0.496. The molecule has 0 fully saturated rings. The maximum atomic E-state index is 11.9. The Balaban J connectivity index is 2.45. The van der Waals surface area contributed by atoms with Crippen LogP contribution in [0.25, 0.3) is 0 Å². The Labute approximate surface area is 123 Å². The van der Waals surface area contributed by atoms with Crippen molar-refractivity contribution < 1.29 is 4.79 Å². The molecular weight excluding hydrogens is 268 g/mol. The van der Waals surface area contributed by atoms with E-state index in [1.54, 1.807) is 18.2 Å². The lowest BCUT2D eigenvalue weighted by Gasteiger charge is -2.00. The van der Waals surface area contributed by atoms with Crippen molar-refractivity contribution in [1.82, 2.24) is 0 Å². The minimum Gasteiger partial charge on any atom is -0.289 e. The van der Waals surface area contributed by atoms with Gasteiger partial charge in [-0.05, 0) is 30.3 Å². The fourth-order valence-electron chi connectivity index (χ4n) is 1.66. The molecule has 20 heavy (non-hydrogen) atoms.